The average Bonchev–Trinajstić information content (AvgIpc) is 3.44. The van der Waals surface area contributed by atoms with Gasteiger partial charge in [0.15, 0.2) is 5.65 Å². The fourth-order valence-corrected chi connectivity index (χ4v) is 4.36. The molecule has 4 N–H and O–H groups in total. The molecule has 2 heterocycles. The molecule has 0 fully saturated rings. The number of carbonyl (C=O) groups excluding carboxylic acids is 1. The number of aliphatic hydroxyl groups excluding tert-OH is 2. The predicted octanol–water partition coefficient (Wildman–Crippen LogP) is 3.28. The first-order valence-corrected chi connectivity index (χ1v) is 10.9. The second kappa shape index (κ2) is 9.01. The minimum Gasteiger partial charge on any atom is -0.449 e. The predicted molar refractivity (Wildman–Crippen MR) is 123 cm³/mol. The van der Waals surface area contributed by atoms with Gasteiger partial charge in [-0.15, -0.1) is 0 Å². The van der Waals surface area contributed by atoms with E-state index in [2.05, 4.69) is 44.5 Å². The Balaban J connectivity index is 1.13. The Morgan fingerprint density at radius 1 is 1.06 bits per heavy atom. The first-order valence-electron chi connectivity index (χ1n) is 10.9. The van der Waals surface area contributed by atoms with E-state index < -0.39 is 18.3 Å². The number of pyridine rings is 1. The molecule has 8 nitrogen and oxygen atoms in total. The highest BCUT2D eigenvalue weighted by Crippen LogP contribution is 2.44. The van der Waals surface area contributed by atoms with Crippen molar-refractivity contribution in [2.24, 2.45) is 0 Å². The molecule has 0 aliphatic heterocycles. The second-order valence-electron chi connectivity index (χ2n) is 8.10. The van der Waals surface area contributed by atoms with Gasteiger partial charge in [0, 0.05) is 24.2 Å². The average molecular weight is 444 g/mol. The summed E-state index contributed by atoms with van der Waals surface area (Å²) < 4.78 is 5.49. The molecule has 1 aliphatic carbocycles. The number of aromatic nitrogens is 3. The standard InChI is InChI=1S/C25H24N4O4/c30-22(23(31)15-11-21-24(27-12-15)29-14-28-21)9-10-26-25(32)33-13-20-18-7-3-1-5-16(18)17-6-2-4-8-19(17)20/h1-8,11-12,14,20,22-23,30-31H,9-10,13H2,(H,26,32)(H,27,28,29). The molecule has 168 valence electrons. The molecule has 0 bridgehead atoms. The Bertz CT molecular complexity index is 1240. The van der Waals surface area contributed by atoms with Crippen LogP contribution in [0.2, 0.25) is 0 Å². The smallest absolute Gasteiger partial charge is 0.407 e. The van der Waals surface area contributed by atoms with Gasteiger partial charge in [-0.25, -0.2) is 14.8 Å². The van der Waals surface area contributed by atoms with E-state index in [1.54, 1.807) is 6.07 Å². The lowest BCUT2D eigenvalue weighted by molar-refractivity contribution is 0.0135. The number of hydrogen-bond acceptors (Lipinski definition) is 6. The highest BCUT2D eigenvalue weighted by Gasteiger charge is 2.29. The third-order valence-corrected chi connectivity index (χ3v) is 6.05. The maximum absolute atomic E-state index is 12.3. The molecule has 1 aliphatic rings. The van der Waals surface area contributed by atoms with Crippen LogP contribution < -0.4 is 5.32 Å². The Morgan fingerprint density at radius 2 is 1.76 bits per heavy atom. The highest BCUT2D eigenvalue weighted by atomic mass is 16.5. The molecule has 33 heavy (non-hydrogen) atoms. The van der Waals surface area contributed by atoms with E-state index in [0.717, 1.165) is 11.1 Å². The number of imidazole rings is 1. The van der Waals surface area contributed by atoms with Crippen molar-refractivity contribution in [1.29, 1.82) is 0 Å². The fraction of sp³-hybridized carbons (Fsp3) is 0.240. The summed E-state index contributed by atoms with van der Waals surface area (Å²) in [6, 6.07) is 18.0. The van der Waals surface area contributed by atoms with Crippen LogP contribution in [0, 0.1) is 0 Å². The number of carbonyl (C=O) groups is 1. The van der Waals surface area contributed by atoms with Crippen LogP contribution in [-0.4, -0.2) is 50.5 Å². The zero-order chi connectivity index (χ0) is 22.8. The summed E-state index contributed by atoms with van der Waals surface area (Å²) in [5.74, 6) is -0.0135. The maximum Gasteiger partial charge on any atom is 0.407 e. The van der Waals surface area contributed by atoms with Gasteiger partial charge in [-0.1, -0.05) is 48.5 Å². The third kappa shape index (κ3) is 4.18. The van der Waals surface area contributed by atoms with Crippen molar-refractivity contribution in [2.75, 3.05) is 13.2 Å². The SMILES string of the molecule is O=C(NCCC(O)C(O)c1cnc2nc[nH]c2c1)OCC1c2ccccc2-c2ccccc21. The molecular formula is C25H24N4O4. The number of amides is 1. The van der Waals surface area contributed by atoms with Gasteiger partial charge in [0.2, 0.25) is 0 Å². The van der Waals surface area contributed by atoms with Gasteiger partial charge in [-0.05, 0) is 34.7 Å². The number of alkyl carbamates (subject to hydrolysis) is 1. The Kier molecular flexibility index (Phi) is 5.77. The maximum atomic E-state index is 12.3. The van der Waals surface area contributed by atoms with Crippen LogP contribution in [-0.2, 0) is 4.74 Å². The molecule has 2 unspecified atom stereocenters. The summed E-state index contributed by atoms with van der Waals surface area (Å²) >= 11 is 0. The van der Waals surface area contributed by atoms with Crippen molar-refractivity contribution < 1.29 is 19.7 Å². The number of hydrogen-bond donors (Lipinski definition) is 4. The van der Waals surface area contributed by atoms with Gasteiger partial charge in [0.25, 0.3) is 0 Å². The van der Waals surface area contributed by atoms with Crippen molar-refractivity contribution in [3.8, 4) is 11.1 Å². The lowest BCUT2D eigenvalue weighted by Gasteiger charge is -2.18. The number of rotatable bonds is 7. The van der Waals surface area contributed by atoms with Crippen LogP contribution in [0.1, 0.15) is 35.1 Å². The molecule has 5 rings (SSSR count). The number of aliphatic hydroxyl groups is 2. The van der Waals surface area contributed by atoms with E-state index in [1.807, 2.05) is 24.3 Å². The molecule has 0 radical (unpaired) electrons. The van der Waals surface area contributed by atoms with Crippen LogP contribution in [0.3, 0.4) is 0 Å². The Morgan fingerprint density at radius 3 is 2.48 bits per heavy atom. The lowest BCUT2D eigenvalue weighted by Crippen LogP contribution is -2.30. The summed E-state index contributed by atoms with van der Waals surface area (Å²) in [5, 5.41) is 23.4. The minimum atomic E-state index is -1.13. The third-order valence-electron chi connectivity index (χ3n) is 6.05. The van der Waals surface area contributed by atoms with Crippen LogP contribution in [0.25, 0.3) is 22.3 Å². The van der Waals surface area contributed by atoms with Crippen molar-refractivity contribution in [3.63, 3.8) is 0 Å². The quantitative estimate of drug-likeness (QED) is 0.347. The van der Waals surface area contributed by atoms with E-state index in [9.17, 15) is 15.0 Å². The number of benzene rings is 2. The Labute approximate surface area is 190 Å². The van der Waals surface area contributed by atoms with Crippen molar-refractivity contribution in [1.82, 2.24) is 20.3 Å². The molecule has 0 spiro atoms. The summed E-state index contributed by atoms with van der Waals surface area (Å²) in [7, 11) is 0. The van der Waals surface area contributed by atoms with Crippen LogP contribution >= 0.6 is 0 Å². The molecule has 0 saturated heterocycles. The molecule has 0 saturated carbocycles. The monoisotopic (exact) mass is 444 g/mol. The van der Waals surface area contributed by atoms with Crippen molar-refractivity contribution in [2.45, 2.75) is 24.5 Å². The summed E-state index contributed by atoms with van der Waals surface area (Å²) in [6.07, 6.45) is 0.403. The van der Waals surface area contributed by atoms with Gasteiger partial charge >= 0.3 is 6.09 Å². The number of nitrogens with zero attached hydrogens (tertiary/aromatic N) is 2. The van der Waals surface area contributed by atoms with Gasteiger partial charge in [-0.3, -0.25) is 0 Å². The molecular weight excluding hydrogens is 420 g/mol. The molecule has 2 aromatic carbocycles. The Hall–Kier alpha value is -3.75. The second-order valence-corrected chi connectivity index (χ2v) is 8.10. The van der Waals surface area contributed by atoms with E-state index in [-0.39, 0.29) is 25.5 Å². The zero-order valence-corrected chi connectivity index (χ0v) is 17.8. The number of nitrogens with one attached hydrogen (secondary N) is 2. The topological polar surface area (TPSA) is 120 Å². The van der Waals surface area contributed by atoms with E-state index in [4.69, 9.17) is 4.74 Å². The molecule has 2 aromatic heterocycles. The summed E-state index contributed by atoms with van der Waals surface area (Å²) in [6.45, 7) is 0.384. The number of H-pyrrole nitrogens is 1. The largest absolute Gasteiger partial charge is 0.449 e. The normalized spacial score (nSPS) is 14.5. The van der Waals surface area contributed by atoms with E-state index in [1.165, 1.54) is 23.7 Å². The minimum absolute atomic E-state index is 0.0135. The lowest BCUT2D eigenvalue weighted by atomic mass is 9.98. The van der Waals surface area contributed by atoms with E-state index in [0.29, 0.717) is 16.7 Å². The molecule has 8 heteroatoms. The van der Waals surface area contributed by atoms with Crippen molar-refractivity contribution >= 4 is 17.3 Å². The highest BCUT2D eigenvalue weighted by molar-refractivity contribution is 5.79. The van der Waals surface area contributed by atoms with Crippen LogP contribution in [0.15, 0.2) is 67.1 Å². The molecule has 4 aromatic rings. The zero-order valence-electron chi connectivity index (χ0n) is 17.8. The number of aromatic amines is 1. The molecule has 2 atom stereocenters. The molecule has 1 amide bonds. The van der Waals surface area contributed by atoms with Gasteiger partial charge < -0.3 is 25.3 Å². The first-order chi connectivity index (χ1) is 16.1. The van der Waals surface area contributed by atoms with Gasteiger partial charge in [-0.2, -0.15) is 0 Å². The van der Waals surface area contributed by atoms with Crippen molar-refractivity contribution in [3.05, 3.63) is 83.8 Å². The summed E-state index contributed by atoms with van der Waals surface area (Å²) in [5.41, 5.74) is 6.32. The van der Waals surface area contributed by atoms with Gasteiger partial charge in [0.05, 0.1) is 17.9 Å². The van der Waals surface area contributed by atoms with Gasteiger partial charge in [0.1, 0.15) is 12.7 Å². The number of ether oxygens (including phenoxy) is 1. The fourth-order valence-electron chi connectivity index (χ4n) is 4.36. The summed E-state index contributed by atoms with van der Waals surface area (Å²) in [4.78, 5) is 23.4. The van der Waals surface area contributed by atoms with Crippen LogP contribution in [0.5, 0.6) is 0 Å². The first kappa shape index (κ1) is 21.1. The number of fused-ring (bicyclic) bond motifs is 4. The van der Waals surface area contributed by atoms with E-state index >= 15 is 0 Å². The van der Waals surface area contributed by atoms with Crippen LogP contribution in [0.4, 0.5) is 4.79 Å².